The van der Waals surface area contributed by atoms with Gasteiger partial charge in [-0.3, -0.25) is 0 Å². The molecular formula is C13H14N2O4S. The van der Waals surface area contributed by atoms with Crippen molar-refractivity contribution in [1.82, 2.24) is 4.83 Å². The fraction of sp³-hybridized carbons (Fsp3) is 0.154. The number of furan rings is 1. The van der Waals surface area contributed by atoms with Gasteiger partial charge >= 0.3 is 0 Å². The number of nitrogens with one attached hydrogen (secondary N) is 1. The second-order valence-electron chi connectivity index (χ2n) is 3.94. The number of methoxy groups -OCH3 is 1. The van der Waals surface area contributed by atoms with E-state index in [-0.39, 0.29) is 4.90 Å². The second-order valence-corrected chi connectivity index (χ2v) is 5.61. The molecule has 0 spiro atoms. The van der Waals surface area contributed by atoms with Gasteiger partial charge in [0.25, 0.3) is 10.0 Å². The molecule has 0 aliphatic heterocycles. The van der Waals surface area contributed by atoms with Gasteiger partial charge in [-0.25, -0.2) is 0 Å². The fourth-order valence-electron chi connectivity index (χ4n) is 1.48. The van der Waals surface area contributed by atoms with Crippen LogP contribution in [-0.2, 0) is 10.0 Å². The van der Waals surface area contributed by atoms with Gasteiger partial charge in [-0.05, 0) is 43.3 Å². The summed E-state index contributed by atoms with van der Waals surface area (Å²) in [4.78, 5) is 2.27. The van der Waals surface area contributed by atoms with Crippen LogP contribution in [-0.4, -0.2) is 21.2 Å². The average Bonchev–Trinajstić information content (AvgIpc) is 2.99. The summed E-state index contributed by atoms with van der Waals surface area (Å²) < 4.78 is 34.1. The third kappa shape index (κ3) is 3.18. The zero-order chi connectivity index (χ0) is 14.6. The Hall–Kier alpha value is -2.28. The Balaban J connectivity index is 2.16. The molecule has 1 aromatic heterocycles. The van der Waals surface area contributed by atoms with Gasteiger partial charge in [0.1, 0.15) is 17.2 Å². The standard InChI is InChI=1S/C13H14N2O4S/c1-10(13-4-3-9-19-13)14-15-20(16,17)12-7-5-11(18-2)6-8-12/h3-9,15H,1-2H3/b14-10+. The molecule has 2 aromatic rings. The van der Waals surface area contributed by atoms with E-state index in [9.17, 15) is 8.42 Å². The molecule has 0 bridgehead atoms. The Bertz CT molecular complexity index is 688. The summed E-state index contributed by atoms with van der Waals surface area (Å²) in [5, 5.41) is 3.81. The first kappa shape index (κ1) is 14.1. The summed E-state index contributed by atoms with van der Waals surface area (Å²) >= 11 is 0. The van der Waals surface area contributed by atoms with Crippen molar-refractivity contribution >= 4 is 15.7 Å². The van der Waals surface area contributed by atoms with Gasteiger partial charge in [-0.2, -0.15) is 18.4 Å². The highest BCUT2D eigenvalue weighted by molar-refractivity contribution is 7.89. The maximum Gasteiger partial charge on any atom is 0.276 e. The van der Waals surface area contributed by atoms with Crippen molar-refractivity contribution < 1.29 is 17.6 Å². The van der Waals surface area contributed by atoms with Gasteiger partial charge in [-0.15, -0.1) is 0 Å². The van der Waals surface area contributed by atoms with Crippen molar-refractivity contribution in [3.8, 4) is 5.75 Å². The molecule has 0 aliphatic carbocycles. The first-order valence-electron chi connectivity index (χ1n) is 5.77. The molecule has 1 heterocycles. The molecule has 0 radical (unpaired) electrons. The summed E-state index contributed by atoms with van der Waals surface area (Å²) in [7, 11) is -2.19. The quantitative estimate of drug-likeness (QED) is 0.675. The lowest BCUT2D eigenvalue weighted by atomic mass is 10.3. The Labute approximate surface area is 117 Å². The predicted molar refractivity (Wildman–Crippen MR) is 74.2 cm³/mol. The van der Waals surface area contributed by atoms with E-state index in [0.29, 0.717) is 17.2 Å². The van der Waals surface area contributed by atoms with Crippen LogP contribution in [0.15, 0.2) is 57.1 Å². The van der Waals surface area contributed by atoms with Crippen molar-refractivity contribution in [2.24, 2.45) is 5.10 Å². The molecule has 20 heavy (non-hydrogen) atoms. The number of hydrazone groups is 1. The van der Waals surface area contributed by atoms with Crippen LogP contribution in [0.25, 0.3) is 0 Å². The fourth-order valence-corrected chi connectivity index (χ4v) is 2.33. The maximum atomic E-state index is 12.0. The van der Waals surface area contributed by atoms with Crippen LogP contribution in [0.5, 0.6) is 5.75 Å². The third-order valence-electron chi connectivity index (χ3n) is 2.58. The van der Waals surface area contributed by atoms with Crippen LogP contribution in [0.3, 0.4) is 0 Å². The highest BCUT2D eigenvalue weighted by Gasteiger charge is 2.13. The molecule has 0 unspecified atom stereocenters. The van der Waals surface area contributed by atoms with Crippen molar-refractivity contribution in [3.63, 3.8) is 0 Å². The van der Waals surface area contributed by atoms with E-state index in [2.05, 4.69) is 9.93 Å². The lowest BCUT2D eigenvalue weighted by molar-refractivity contribution is 0.414. The summed E-state index contributed by atoms with van der Waals surface area (Å²) in [5.41, 5.74) is 0.437. The van der Waals surface area contributed by atoms with Gasteiger partial charge in [0.05, 0.1) is 18.3 Å². The van der Waals surface area contributed by atoms with Gasteiger partial charge < -0.3 is 9.15 Å². The molecule has 1 aromatic carbocycles. The molecule has 0 amide bonds. The summed E-state index contributed by atoms with van der Waals surface area (Å²) in [6.45, 7) is 1.65. The van der Waals surface area contributed by atoms with Gasteiger partial charge in [0, 0.05) is 0 Å². The van der Waals surface area contributed by atoms with Gasteiger partial charge in [0.2, 0.25) is 0 Å². The number of benzene rings is 1. The van der Waals surface area contributed by atoms with Crippen molar-refractivity contribution in [1.29, 1.82) is 0 Å². The van der Waals surface area contributed by atoms with Crippen LogP contribution in [0.1, 0.15) is 12.7 Å². The normalized spacial score (nSPS) is 12.2. The molecule has 0 saturated carbocycles. The maximum absolute atomic E-state index is 12.0. The Kier molecular flexibility index (Phi) is 4.09. The molecule has 0 atom stereocenters. The van der Waals surface area contributed by atoms with Crippen LogP contribution >= 0.6 is 0 Å². The van der Waals surface area contributed by atoms with E-state index in [4.69, 9.17) is 9.15 Å². The van der Waals surface area contributed by atoms with Crippen molar-refractivity contribution in [2.45, 2.75) is 11.8 Å². The molecule has 0 fully saturated rings. The van der Waals surface area contributed by atoms with E-state index in [1.54, 1.807) is 31.2 Å². The molecule has 0 aliphatic rings. The zero-order valence-electron chi connectivity index (χ0n) is 11.0. The lowest BCUT2D eigenvalue weighted by Gasteiger charge is -2.05. The highest BCUT2D eigenvalue weighted by Crippen LogP contribution is 2.15. The summed E-state index contributed by atoms with van der Waals surface area (Å²) in [5.74, 6) is 1.08. The minimum atomic E-state index is -3.71. The SMILES string of the molecule is COc1ccc(S(=O)(=O)N/N=C(\C)c2ccco2)cc1. The van der Waals surface area contributed by atoms with E-state index in [1.165, 1.54) is 25.5 Å². The molecule has 1 N–H and O–H groups in total. The number of hydrogen-bond donors (Lipinski definition) is 1. The lowest BCUT2D eigenvalue weighted by Crippen LogP contribution is -2.19. The van der Waals surface area contributed by atoms with E-state index in [1.807, 2.05) is 0 Å². The smallest absolute Gasteiger partial charge is 0.276 e. The Morgan fingerprint density at radius 2 is 1.95 bits per heavy atom. The van der Waals surface area contributed by atoms with Crippen LogP contribution < -0.4 is 9.57 Å². The molecule has 7 heteroatoms. The molecular weight excluding hydrogens is 280 g/mol. The number of ether oxygens (including phenoxy) is 1. The van der Waals surface area contributed by atoms with Crippen LogP contribution in [0.2, 0.25) is 0 Å². The number of hydrogen-bond acceptors (Lipinski definition) is 5. The molecule has 106 valence electrons. The topological polar surface area (TPSA) is 80.9 Å². The largest absolute Gasteiger partial charge is 0.497 e. The minimum Gasteiger partial charge on any atom is -0.497 e. The second kappa shape index (κ2) is 5.79. The van der Waals surface area contributed by atoms with Gasteiger partial charge in [0.15, 0.2) is 0 Å². The Morgan fingerprint density at radius 1 is 1.25 bits per heavy atom. The summed E-state index contributed by atoms with van der Waals surface area (Å²) in [6, 6.07) is 9.42. The summed E-state index contributed by atoms with van der Waals surface area (Å²) in [6.07, 6.45) is 1.49. The average molecular weight is 294 g/mol. The van der Waals surface area contributed by atoms with Crippen LogP contribution in [0, 0.1) is 0 Å². The third-order valence-corrected chi connectivity index (χ3v) is 3.81. The predicted octanol–water partition coefficient (Wildman–Crippen LogP) is 1.99. The molecule has 6 nitrogen and oxygen atoms in total. The first-order chi connectivity index (χ1) is 9.53. The molecule has 0 saturated heterocycles. The zero-order valence-corrected chi connectivity index (χ0v) is 11.8. The van der Waals surface area contributed by atoms with Crippen molar-refractivity contribution in [3.05, 3.63) is 48.4 Å². The molecule has 2 rings (SSSR count). The first-order valence-corrected chi connectivity index (χ1v) is 7.25. The van der Waals surface area contributed by atoms with Crippen LogP contribution in [0.4, 0.5) is 0 Å². The van der Waals surface area contributed by atoms with E-state index < -0.39 is 10.0 Å². The minimum absolute atomic E-state index is 0.106. The van der Waals surface area contributed by atoms with E-state index >= 15 is 0 Å². The van der Waals surface area contributed by atoms with Gasteiger partial charge in [-0.1, -0.05) is 0 Å². The highest BCUT2D eigenvalue weighted by atomic mass is 32.2. The number of rotatable bonds is 5. The number of sulfonamides is 1. The number of nitrogens with zero attached hydrogens (tertiary/aromatic N) is 1. The van der Waals surface area contributed by atoms with Crippen molar-refractivity contribution in [2.75, 3.05) is 7.11 Å². The Morgan fingerprint density at radius 3 is 2.50 bits per heavy atom. The van der Waals surface area contributed by atoms with E-state index in [0.717, 1.165) is 0 Å². The monoisotopic (exact) mass is 294 g/mol.